The molecule has 0 fully saturated rings. The number of primary amides is 1. The number of aromatic amines is 4. The second-order valence-corrected chi connectivity index (χ2v) is 26.6. The van der Waals surface area contributed by atoms with E-state index in [0.717, 1.165) is 27.3 Å². The summed E-state index contributed by atoms with van der Waals surface area (Å²) in [5, 5.41) is 46.6. The fourth-order valence-corrected chi connectivity index (χ4v) is 12.9. The van der Waals surface area contributed by atoms with Crippen molar-refractivity contribution in [2.24, 2.45) is 40.1 Å². The first-order valence-electron chi connectivity index (χ1n) is 36.1. The number of fused-ring (bicyclic) bond motifs is 4. The lowest BCUT2D eigenvalue weighted by Gasteiger charge is -2.28. The van der Waals surface area contributed by atoms with Crippen LogP contribution in [0.3, 0.4) is 0 Å². The van der Waals surface area contributed by atoms with Crippen molar-refractivity contribution in [2.45, 2.75) is 164 Å². The maximum Gasteiger partial charge on any atom is 0.243 e. The number of nitrogens with one attached hydrogen (secondary N) is 16. The average Bonchev–Trinajstić information content (AvgIpc) is 1.57. The van der Waals surface area contributed by atoms with Gasteiger partial charge in [0, 0.05) is 107 Å². The first-order valence-corrected chi connectivity index (χ1v) is 36.1. The van der Waals surface area contributed by atoms with Crippen molar-refractivity contribution in [1.29, 1.82) is 10.8 Å². The third kappa shape index (κ3) is 23.6. The van der Waals surface area contributed by atoms with Crippen LogP contribution in [0, 0.1) is 10.8 Å². The lowest BCUT2D eigenvalue weighted by atomic mass is 9.99. The Hall–Kier alpha value is -11.4. The average molecular weight is 1460 g/mol. The van der Waals surface area contributed by atoms with Crippen molar-refractivity contribution in [1.82, 2.24) is 73.1 Å². The fraction of sp³-hybridized carbons (Fsp3) is 0.419. The Balaban J connectivity index is 1.13. The minimum atomic E-state index is -1.50. The molecule has 568 valence electrons. The number of nitrogens with two attached hydrogens (primary N) is 7. The van der Waals surface area contributed by atoms with E-state index in [2.05, 4.69) is 73.1 Å². The van der Waals surface area contributed by atoms with Crippen LogP contribution in [0.25, 0.3) is 43.6 Å². The first kappa shape index (κ1) is 80.3. The molecular weight excluding hydrogens is 1350 g/mol. The van der Waals surface area contributed by atoms with Gasteiger partial charge in [0.25, 0.3) is 0 Å². The maximum absolute atomic E-state index is 15.6. The molecule has 4 heterocycles. The van der Waals surface area contributed by atoms with Crippen LogP contribution >= 0.6 is 0 Å². The number of carbonyl (C=O) groups excluding carboxylic acids is 9. The minimum Gasteiger partial charge on any atom is -0.370 e. The summed E-state index contributed by atoms with van der Waals surface area (Å²) in [6.07, 6.45) is 10.0. The van der Waals surface area contributed by atoms with Crippen LogP contribution in [0.4, 0.5) is 0 Å². The van der Waals surface area contributed by atoms with Crippen molar-refractivity contribution < 1.29 is 43.2 Å². The van der Waals surface area contributed by atoms with E-state index in [1.807, 2.05) is 97.1 Å². The summed E-state index contributed by atoms with van der Waals surface area (Å²) in [6, 6.07) is 17.4. The summed E-state index contributed by atoms with van der Waals surface area (Å²) < 4.78 is 0. The van der Waals surface area contributed by atoms with Crippen LogP contribution in [-0.2, 0) is 68.8 Å². The van der Waals surface area contributed by atoms with E-state index in [9.17, 15) is 19.2 Å². The molecule has 0 unspecified atom stereocenters. The summed E-state index contributed by atoms with van der Waals surface area (Å²) in [5.41, 5.74) is 46.1. The molecule has 106 heavy (non-hydrogen) atoms. The van der Waals surface area contributed by atoms with Gasteiger partial charge in [0.05, 0.1) is 6.04 Å². The molecule has 30 N–H and O–H groups in total. The van der Waals surface area contributed by atoms with E-state index in [-0.39, 0.29) is 95.8 Å². The Morgan fingerprint density at radius 1 is 0.321 bits per heavy atom. The number of benzene rings is 4. The predicted octanol–water partition coefficient (Wildman–Crippen LogP) is 0.487. The number of aromatic nitrogens is 4. The molecule has 0 saturated carbocycles. The second-order valence-electron chi connectivity index (χ2n) is 26.6. The summed E-state index contributed by atoms with van der Waals surface area (Å²) in [7, 11) is 0. The Morgan fingerprint density at radius 3 is 0.858 bits per heavy atom. The summed E-state index contributed by atoms with van der Waals surface area (Å²) >= 11 is 0. The number of hydrogen-bond donors (Lipinski definition) is 23. The molecule has 0 spiro atoms. The van der Waals surface area contributed by atoms with Crippen LogP contribution in [-0.4, -0.2) is 172 Å². The standard InChI is InChI=1S/C74H103N23O9/c75-30-12-9-26-56(64(79)98)90-66(100)58(28-11-14-32-77)92-69(103)60(35-43-39-86-52-22-5-1-17-47(43)52)96-72(106)63(38-46-42-89-55-25-8-4-20-50(46)55)95-68(102)59(29-16-34-85-74(82)83)93-70(104)61(36-44-40-87-53-23-6-2-18-48(44)53)97-71(105)62(37-45-41-88-54-24-7-3-19-49(45)54)94-67(101)57(27-10-13-31-76)91-65(99)51(78)21-15-33-84-73(80)81/h1-8,17-20,22-25,39-42,51,56-63,86-89H,9-16,21,26-38,75-78H2,(H2,79,98)(H,90,100)(H,91,99)(H,92,103)(H,93,104)(H,94,101)(H,95,102)(H,96,106)(H,97,105)(H4,80,81,84)(H4,82,83,85)/t51-,56-,57-,58-,59-,60-,61-,62-,63-/m0/s1. The first-order chi connectivity index (χ1) is 51.1. The van der Waals surface area contributed by atoms with Crippen molar-refractivity contribution >= 4 is 109 Å². The molecule has 8 rings (SSSR count). The van der Waals surface area contributed by atoms with Crippen molar-refractivity contribution in [3.05, 3.63) is 144 Å². The van der Waals surface area contributed by atoms with Crippen molar-refractivity contribution in [2.75, 3.05) is 32.7 Å². The van der Waals surface area contributed by atoms with E-state index >= 15 is 24.0 Å². The van der Waals surface area contributed by atoms with Crippen LogP contribution in [0.1, 0.15) is 106 Å². The highest BCUT2D eigenvalue weighted by molar-refractivity contribution is 6.00. The monoisotopic (exact) mass is 1460 g/mol. The molecular formula is C74H103N23O9. The molecule has 0 bridgehead atoms. The van der Waals surface area contributed by atoms with Gasteiger partial charge >= 0.3 is 0 Å². The summed E-state index contributed by atoms with van der Waals surface area (Å²) in [5.74, 6) is -7.58. The topological polar surface area (TPSA) is 567 Å². The minimum absolute atomic E-state index is 0.0600. The molecule has 8 aromatic rings. The van der Waals surface area contributed by atoms with E-state index in [4.69, 9.17) is 51.0 Å². The molecule has 4 aromatic heterocycles. The lowest BCUT2D eigenvalue weighted by molar-refractivity contribution is -0.136. The number of para-hydroxylation sites is 4. The third-order valence-electron chi connectivity index (χ3n) is 18.7. The third-order valence-corrected chi connectivity index (χ3v) is 18.7. The number of rotatable bonds is 45. The predicted molar refractivity (Wildman–Crippen MR) is 408 cm³/mol. The zero-order valence-corrected chi connectivity index (χ0v) is 59.5. The number of unbranched alkanes of at least 4 members (excludes halogenated alkanes) is 3. The van der Waals surface area contributed by atoms with Gasteiger partial charge in [0.2, 0.25) is 53.2 Å². The van der Waals surface area contributed by atoms with Gasteiger partial charge in [-0.1, -0.05) is 72.8 Å². The fourth-order valence-electron chi connectivity index (χ4n) is 12.9. The van der Waals surface area contributed by atoms with E-state index in [1.54, 1.807) is 24.8 Å². The number of amides is 9. The van der Waals surface area contributed by atoms with Gasteiger partial charge < -0.3 is 113 Å². The maximum atomic E-state index is 15.6. The number of guanidine groups is 2. The quantitative estimate of drug-likeness (QED) is 0.0140. The smallest absolute Gasteiger partial charge is 0.243 e. The largest absolute Gasteiger partial charge is 0.370 e. The molecule has 0 aliphatic rings. The van der Waals surface area contributed by atoms with Crippen molar-refractivity contribution in [3.63, 3.8) is 0 Å². The van der Waals surface area contributed by atoms with Gasteiger partial charge in [-0.05, 0) is 150 Å². The zero-order valence-electron chi connectivity index (χ0n) is 59.5. The second kappa shape index (κ2) is 40.6. The van der Waals surface area contributed by atoms with Crippen LogP contribution in [0.15, 0.2) is 122 Å². The molecule has 32 nitrogen and oxygen atoms in total. The zero-order chi connectivity index (χ0) is 76.1. The Morgan fingerprint density at radius 2 is 0.566 bits per heavy atom. The van der Waals surface area contributed by atoms with E-state index < -0.39 is 108 Å². The number of carbonyl (C=O) groups is 9. The van der Waals surface area contributed by atoms with Crippen LogP contribution < -0.4 is 93.3 Å². The lowest BCUT2D eigenvalue weighted by Crippen LogP contribution is -2.61. The SMILES string of the molecule is N=C(N)NCCC[C@H](NC(=O)[C@H](Cc1c[nH]c2ccccc12)NC(=O)[C@H](Cc1c[nH]c2ccccc12)NC(=O)[C@H](CCCCN)NC(=O)[C@@H](N)CCCNC(=N)N)C(=O)N[C@@H](Cc1c[nH]c2ccccc12)C(=O)N[C@@H](Cc1c[nH]c2ccccc12)C(=O)N[C@@H](CCCCN)C(=O)N[C@@H](CCCCN)C(N)=O. The highest BCUT2D eigenvalue weighted by Crippen LogP contribution is 2.25. The Labute approximate surface area is 613 Å². The summed E-state index contributed by atoms with van der Waals surface area (Å²) in [6.45, 7) is 1.27. The van der Waals surface area contributed by atoms with Gasteiger partial charge in [-0.25, -0.2) is 0 Å². The normalized spacial score (nSPS) is 13.9. The van der Waals surface area contributed by atoms with Crippen LogP contribution in [0.2, 0.25) is 0 Å². The Kier molecular flexibility index (Phi) is 30.8. The molecule has 4 aromatic carbocycles. The molecule has 0 aliphatic heterocycles. The molecule has 9 atom stereocenters. The molecule has 0 saturated heterocycles. The highest BCUT2D eigenvalue weighted by Gasteiger charge is 2.37. The van der Waals surface area contributed by atoms with Gasteiger partial charge in [-0.3, -0.25) is 54.0 Å². The van der Waals surface area contributed by atoms with Gasteiger partial charge in [-0.2, -0.15) is 0 Å². The number of H-pyrrole nitrogens is 4. The number of hydrogen-bond acceptors (Lipinski definition) is 15. The van der Waals surface area contributed by atoms with Gasteiger partial charge in [-0.15, -0.1) is 0 Å². The van der Waals surface area contributed by atoms with E-state index in [0.29, 0.717) is 96.6 Å². The Bertz CT molecular complexity index is 4300. The van der Waals surface area contributed by atoms with Crippen LogP contribution in [0.5, 0.6) is 0 Å². The van der Waals surface area contributed by atoms with Gasteiger partial charge in [0.1, 0.15) is 48.3 Å². The van der Waals surface area contributed by atoms with E-state index in [1.165, 1.54) is 0 Å². The molecule has 9 amide bonds. The van der Waals surface area contributed by atoms with Crippen molar-refractivity contribution in [3.8, 4) is 0 Å². The molecule has 32 heteroatoms. The highest BCUT2D eigenvalue weighted by atomic mass is 16.2. The summed E-state index contributed by atoms with van der Waals surface area (Å²) in [4.78, 5) is 146. The van der Waals surface area contributed by atoms with Gasteiger partial charge in [0.15, 0.2) is 11.9 Å². The molecule has 0 aliphatic carbocycles. The molecule has 0 radical (unpaired) electrons.